The number of morpholine rings is 1. The lowest BCUT2D eigenvalue weighted by atomic mass is 10.0. The molecule has 1 saturated heterocycles. The fraction of sp³-hybridized carbons (Fsp3) is 0.381. The topological polar surface area (TPSA) is 75.7 Å². The number of hydrogen-bond acceptors (Lipinski definition) is 5. The van der Waals surface area contributed by atoms with Crippen LogP contribution in [0.1, 0.15) is 34.5 Å². The average molecular weight is 403 g/mol. The quantitative estimate of drug-likeness (QED) is 0.721. The first-order valence-corrected chi connectivity index (χ1v) is 10.8. The summed E-state index contributed by atoms with van der Waals surface area (Å²) in [7, 11) is -3.73. The molecule has 0 aromatic heterocycles. The van der Waals surface area contributed by atoms with Crippen molar-refractivity contribution < 1.29 is 17.9 Å². The van der Waals surface area contributed by atoms with Crippen molar-refractivity contribution in [2.24, 2.45) is 0 Å². The van der Waals surface area contributed by atoms with Gasteiger partial charge < -0.3 is 4.74 Å². The molecule has 2 aromatic carbocycles. The summed E-state index contributed by atoms with van der Waals surface area (Å²) in [4.78, 5) is 13.9. The second kappa shape index (κ2) is 8.96. The van der Waals surface area contributed by atoms with E-state index in [1.807, 2.05) is 25.1 Å². The van der Waals surface area contributed by atoms with E-state index in [0.29, 0.717) is 18.8 Å². The van der Waals surface area contributed by atoms with Crippen molar-refractivity contribution in [1.29, 1.82) is 0 Å². The van der Waals surface area contributed by atoms with Gasteiger partial charge in [0, 0.05) is 31.2 Å². The predicted molar refractivity (Wildman–Crippen MR) is 108 cm³/mol. The number of benzene rings is 2. The van der Waals surface area contributed by atoms with E-state index in [-0.39, 0.29) is 23.3 Å². The van der Waals surface area contributed by atoms with Crippen LogP contribution < -0.4 is 4.72 Å². The number of aryl methyl sites for hydroxylation is 1. The summed E-state index contributed by atoms with van der Waals surface area (Å²) >= 11 is 0. The standard InChI is InChI=1S/C21H26N2O4S/c1-16-5-3-7-19(13-16)21(23-9-11-27-12-10-23)15-22-28(25,26)20-8-4-6-18(14-20)17(2)24/h3-8,13-14,21-22H,9-12,15H2,1-2H3. The van der Waals surface area contributed by atoms with Gasteiger partial charge in [-0.15, -0.1) is 0 Å². The number of sulfonamides is 1. The molecule has 0 aliphatic carbocycles. The molecule has 1 unspecified atom stereocenters. The molecule has 0 spiro atoms. The summed E-state index contributed by atoms with van der Waals surface area (Å²) in [6.45, 7) is 6.46. The van der Waals surface area contributed by atoms with Crippen LogP contribution in [0.4, 0.5) is 0 Å². The predicted octanol–water partition coefficient (Wildman–Crippen LogP) is 2.55. The van der Waals surface area contributed by atoms with Crippen molar-refractivity contribution in [1.82, 2.24) is 9.62 Å². The Labute approximate surface area is 166 Å². The summed E-state index contributed by atoms with van der Waals surface area (Å²) in [5, 5.41) is 0. The van der Waals surface area contributed by atoms with Gasteiger partial charge in [-0.25, -0.2) is 13.1 Å². The molecule has 1 aliphatic heterocycles. The number of nitrogens with zero attached hydrogens (tertiary/aromatic N) is 1. The first-order valence-electron chi connectivity index (χ1n) is 9.36. The van der Waals surface area contributed by atoms with E-state index < -0.39 is 10.0 Å². The zero-order valence-corrected chi connectivity index (χ0v) is 17.0. The molecule has 1 atom stereocenters. The third kappa shape index (κ3) is 5.05. The summed E-state index contributed by atoms with van der Waals surface area (Å²) in [6.07, 6.45) is 0. The Balaban J connectivity index is 1.82. The normalized spacial score (nSPS) is 16.6. The molecule has 1 fully saturated rings. The van der Waals surface area contributed by atoms with Crippen LogP contribution in [0.25, 0.3) is 0 Å². The van der Waals surface area contributed by atoms with E-state index in [9.17, 15) is 13.2 Å². The summed E-state index contributed by atoms with van der Waals surface area (Å²) < 4.78 is 33.8. The van der Waals surface area contributed by atoms with E-state index >= 15 is 0 Å². The van der Waals surface area contributed by atoms with Gasteiger partial charge in [-0.05, 0) is 31.5 Å². The summed E-state index contributed by atoms with van der Waals surface area (Å²) in [5.74, 6) is -0.164. The number of rotatable bonds is 7. The van der Waals surface area contributed by atoms with Crippen LogP contribution in [0.5, 0.6) is 0 Å². The molecule has 0 saturated carbocycles. The number of ether oxygens (including phenoxy) is 1. The Morgan fingerprint density at radius 2 is 1.86 bits per heavy atom. The summed E-state index contributed by atoms with van der Waals surface area (Å²) in [5.41, 5.74) is 2.58. The lowest BCUT2D eigenvalue weighted by molar-refractivity contribution is 0.0172. The van der Waals surface area contributed by atoms with E-state index in [0.717, 1.165) is 24.2 Å². The number of carbonyl (C=O) groups is 1. The van der Waals surface area contributed by atoms with Crippen LogP contribution in [0, 0.1) is 6.92 Å². The molecule has 1 heterocycles. The molecule has 0 bridgehead atoms. The van der Waals surface area contributed by atoms with E-state index in [1.165, 1.54) is 19.1 Å². The van der Waals surface area contributed by atoms with Gasteiger partial charge in [0.1, 0.15) is 0 Å². The number of Topliss-reactive ketones (excluding diaryl/α,β-unsaturated/α-hetero) is 1. The van der Waals surface area contributed by atoms with Crippen LogP contribution >= 0.6 is 0 Å². The molecule has 0 amide bonds. The molecule has 150 valence electrons. The van der Waals surface area contributed by atoms with Gasteiger partial charge >= 0.3 is 0 Å². The highest BCUT2D eigenvalue weighted by molar-refractivity contribution is 7.89. The smallest absolute Gasteiger partial charge is 0.240 e. The van der Waals surface area contributed by atoms with Gasteiger partial charge in [-0.3, -0.25) is 9.69 Å². The minimum Gasteiger partial charge on any atom is -0.379 e. The number of hydrogen-bond donors (Lipinski definition) is 1. The maximum absolute atomic E-state index is 12.8. The molecule has 28 heavy (non-hydrogen) atoms. The third-order valence-corrected chi connectivity index (χ3v) is 6.35. The molecule has 1 aliphatic rings. The molecular formula is C21H26N2O4S. The molecule has 6 nitrogen and oxygen atoms in total. The molecular weight excluding hydrogens is 376 g/mol. The van der Waals surface area contributed by atoms with Gasteiger partial charge in [0.25, 0.3) is 0 Å². The van der Waals surface area contributed by atoms with Crippen molar-refractivity contribution in [3.63, 3.8) is 0 Å². The van der Waals surface area contributed by atoms with E-state index in [1.54, 1.807) is 12.1 Å². The van der Waals surface area contributed by atoms with E-state index in [2.05, 4.69) is 15.7 Å². The Kier molecular flexibility index (Phi) is 6.61. The first-order chi connectivity index (χ1) is 13.4. The summed E-state index contributed by atoms with van der Waals surface area (Å²) in [6, 6.07) is 14.2. The molecule has 0 radical (unpaired) electrons. The van der Waals surface area contributed by atoms with Gasteiger partial charge in [-0.1, -0.05) is 42.0 Å². The number of ketones is 1. The van der Waals surface area contributed by atoms with Crippen LogP contribution in [0.2, 0.25) is 0 Å². The van der Waals surface area contributed by atoms with Crippen molar-refractivity contribution in [3.05, 3.63) is 65.2 Å². The minimum absolute atomic E-state index is 0.0884. The second-order valence-electron chi connectivity index (χ2n) is 7.01. The van der Waals surface area contributed by atoms with Gasteiger partial charge in [0.2, 0.25) is 10.0 Å². The maximum atomic E-state index is 12.8. The zero-order valence-electron chi connectivity index (χ0n) is 16.2. The number of carbonyl (C=O) groups excluding carboxylic acids is 1. The van der Waals surface area contributed by atoms with Crippen molar-refractivity contribution in [2.45, 2.75) is 24.8 Å². The Bertz CT molecular complexity index is 937. The van der Waals surface area contributed by atoms with Crippen LogP contribution in [-0.2, 0) is 14.8 Å². The largest absolute Gasteiger partial charge is 0.379 e. The van der Waals surface area contributed by atoms with Crippen LogP contribution in [0.3, 0.4) is 0 Å². The van der Waals surface area contributed by atoms with Crippen molar-refractivity contribution in [3.8, 4) is 0 Å². The molecule has 1 N–H and O–H groups in total. The van der Waals surface area contributed by atoms with Crippen molar-refractivity contribution in [2.75, 3.05) is 32.8 Å². The fourth-order valence-corrected chi connectivity index (χ4v) is 4.46. The third-order valence-electron chi connectivity index (χ3n) is 4.93. The highest BCUT2D eigenvalue weighted by Gasteiger charge is 2.25. The average Bonchev–Trinajstić information content (AvgIpc) is 2.69. The van der Waals surface area contributed by atoms with Crippen LogP contribution in [-0.4, -0.2) is 51.9 Å². The molecule has 7 heteroatoms. The highest BCUT2D eigenvalue weighted by atomic mass is 32.2. The Hall–Kier alpha value is -2.06. The van der Waals surface area contributed by atoms with Crippen molar-refractivity contribution >= 4 is 15.8 Å². The fourth-order valence-electron chi connectivity index (χ4n) is 3.38. The maximum Gasteiger partial charge on any atom is 0.240 e. The number of nitrogens with one attached hydrogen (secondary N) is 1. The highest BCUT2D eigenvalue weighted by Crippen LogP contribution is 2.23. The van der Waals surface area contributed by atoms with Crippen LogP contribution in [0.15, 0.2) is 53.4 Å². The Morgan fingerprint density at radius 3 is 2.54 bits per heavy atom. The van der Waals surface area contributed by atoms with Gasteiger partial charge in [0.15, 0.2) is 5.78 Å². The molecule has 2 aromatic rings. The monoisotopic (exact) mass is 402 g/mol. The lowest BCUT2D eigenvalue weighted by Crippen LogP contribution is -2.43. The minimum atomic E-state index is -3.73. The van der Waals surface area contributed by atoms with Gasteiger partial charge in [-0.2, -0.15) is 0 Å². The zero-order chi connectivity index (χ0) is 20.1. The second-order valence-corrected chi connectivity index (χ2v) is 8.78. The Morgan fingerprint density at radius 1 is 1.14 bits per heavy atom. The lowest BCUT2D eigenvalue weighted by Gasteiger charge is -2.35. The van der Waals surface area contributed by atoms with E-state index in [4.69, 9.17) is 4.74 Å². The first kappa shape index (κ1) is 20.7. The molecule has 3 rings (SSSR count). The van der Waals surface area contributed by atoms with Gasteiger partial charge in [0.05, 0.1) is 18.1 Å². The SMILES string of the molecule is CC(=O)c1cccc(S(=O)(=O)NCC(c2cccc(C)c2)N2CCOCC2)c1.